The van der Waals surface area contributed by atoms with Crippen molar-refractivity contribution >= 4 is 11.8 Å². The largest absolute Gasteiger partial charge is 0.494 e. The summed E-state index contributed by atoms with van der Waals surface area (Å²) in [5.41, 5.74) is 1.26. The monoisotopic (exact) mass is 277 g/mol. The molecule has 1 N–H and O–H groups in total. The summed E-state index contributed by atoms with van der Waals surface area (Å²) in [5, 5.41) is 7.76. The summed E-state index contributed by atoms with van der Waals surface area (Å²) in [7, 11) is 0. The zero-order valence-electron chi connectivity index (χ0n) is 11.3. The molecule has 1 aromatic heterocycles. The van der Waals surface area contributed by atoms with E-state index in [2.05, 4.69) is 34.2 Å². The first kappa shape index (κ1) is 13.9. The molecule has 2 rings (SSSR count). The molecule has 0 bridgehead atoms. The fraction of sp³-hybridized carbons (Fsp3) is 0.429. The van der Waals surface area contributed by atoms with Gasteiger partial charge in [-0.25, -0.2) is 4.98 Å². The molecule has 2 aromatic rings. The number of hydrogen-bond acceptors (Lipinski definition) is 4. The minimum absolute atomic E-state index is 0.761. The van der Waals surface area contributed by atoms with E-state index in [9.17, 15) is 0 Å². The summed E-state index contributed by atoms with van der Waals surface area (Å²) in [4.78, 5) is 4.25. The van der Waals surface area contributed by atoms with Crippen molar-refractivity contribution in [2.45, 2.75) is 31.8 Å². The molecule has 19 heavy (non-hydrogen) atoms. The average Bonchev–Trinajstić information content (AvgIpc) is 2.81. The van der Waals surface area contributed by atoms with Crippen molar-refractivity contribution in [3.05, 3.63) is 35.7 Å². The SMILES string of the molecule is Cc1ccc(OCCCCSc2n[nH]c(C)n2)cc1. The molecule has 1 aromatic carbocycles. The number of ether oxygens (including phenoxy) is 1. The molecule has 0 fully saturated rings. The van der Waals surface area contributed by atoms with E-state index in [4.69, 9.17) is 4.74 Å². The molecule has 0 spiro atoms. The van der Waals surface area contributed by atoms with Crippen LogP contribution in [0.4, 0.5) is 0 Å². The molecular weight excluding hydrogens is 258 g/mol. The second-order valence-electron chi connectivity index (χ2n) is 4.42. The van der Waals surface area contributed by atoms with E-state index in [0.717, 1.165) is 41.9 Å². The first-order valence-electron chi connectivity index (χ1n) is 6.45. The van der Waals surface area contributed by atoms with E-state index >= 15 is 0 Å². The number of H-pyrrole nitrogens is 1. The van der Waals surface area contributed by atoms with Gasteiger partial charge in [0, 0.05) is 5.75 Å². The molecule has 0 atom stereocenters. The van der Waals surface area contributed by atoms with Crippen molar-refractivity contribution in [1.82, 2.24) is 15.2 Å². The zero-order valence-corrected chi connectivity index (χ0v) is 12.2. The van der Waals surface area contributed by atoms with Crippen LogP contribution in [0.15, 0.2) is 29.4 Å². The van der Waals surface area contributed by atoms with Crippen LogP contribution in [0.5, 0.6) is 5.75 Å². The summed E-state index contributed by atoms with van der Waals surface area (Å²) in [6, 6.07) is 8.16. The molecule has 0 aliphatic heterocycles. The van der Waals surface area contributed by atoms with Gasteiger partial charge < -0.3 is 4.74 Å². The normalized spacial score (nSPS) is 10.6. The van der Waals surface area contributed by atoms with Crippen molar-refractivity contribution < 1.29 is 4.74 Å². The first-order valence-corrected chi connectivity index (χ1v) is 7.44. The maximum absolute atomic E-state index is 5.67. The smallest absolute Gasteiger partial charge is 0.208 e. The van der Waals surface area contributed by atoms with E-state index < -0.39 is 0 Å². The fourth-order valence-electron chi connectivity index (χ4n) is 1.58. The molecule has 0 saturated heterocycles. The van der Waals surface area contributed by atoms with Crippen LogP contribution in [0, 0.1) is 13.8 Å². The van der Waals surface area contributed by atoms with Crippen LogP contribution in [0.1, 0.15) is 24.2 Å². The third-order valence-corrected chi connectivity index (χ3v) is 3.57. The molecule has 102 valence electrons. The highest BCUT2D eigenvalue weighted by Gasteiger charge is 2.00. The van der Waals surface area contributed by atoms with Gasteiger partial charge in [0.05, 0.1) is 6.61 Å². The number of aromatic nitrogens is 3. The Labute approximate surface area is 118 Å². The Morgan fingerprint density at radius 1 is 1.16 bits per heavy atom. The lowest BCUT2D eigenvalue weighted by molar-refractivity contribution is 0.310. The quantitative estimate of drug-likeness (QED) is 0.622. The Balaban J connectivity index is 1.56. The second kappa shape index (κ2) is 7.19. The number of nitrogens with zero attached hydrogens (tertiary/aromatic N) is 2. The molecule has 5 heteroatoms. The Bertz CT molecular complexity index is 496. The van der Waals surface area contributed by atoms with Crippen LogP contribution in [0.3, 0.4) is 0 Å². The summed E-state index contributed by atoms with van der Waals surface area (Å²) in [6.45, 7) is 4.74. The Morgan fingerprint density at radius 2 is 1.95 bits per heavy atom. The Hall–Kier alpha value is -1.49. The number of unbranched alkanes of at least 4 members (excludes halogenated alkanes) is 1. The summed E-state index contributed by atoms with van der Waals surface area (Å²) in [5.74, 6) is 2.84. The predicted octanol–water partition coefficient (Wildman–Crippen LogP) is 3.37. The van der Waals surface area contributed by atoms with Crippen molar-refractivity contribution in [2.24, 2.45) is 0 Å². The molecule has 0 unspecified atom stereocenters. The fourth-order valence-corrected chi connectivity index (χ4v) is 2.42. The third-order valence-electron chi connectivity index (χ3n) is 2.64. The first-order chi connectivity index (χ1) is 9.24. The van der Waals surface area contributed by atoms with Crippen LogP contribution in [-0.2, 0) is 0 Å². The number of aryl methyl sites for hydroxylation is 2. The number of aromatic amines is 1. The van der Waals surface area contributed by atoms with Gasteiger partial charge in [-0.1, -0.05) is 29.5 Å². The molecular formula is C14H19N3OS. The van der Waals surface area contributed by atoms with E-state index in [1.54, 1.807) is 11.8 Å². The van der Waals surface area contributed by atoms with Crippen molar-refractivity contribution in [1.29, 1.82) is 0 Å². The van der Waals surface area contributed by atoms with Crippen LogP contribution >= 0.6 is 11.8 Å². The highest BCUT2D eigenvalue weighted by atomic mass is 32.2. The summed E-state index contributed by atoms with van der Waals surface area (Å²) < 4.78 is 5.67. The molecule has 0 aliphatic rings. The van der Waals surface area contributed by atoms with Crippen LogP contribution in [0.25, 0.3) is 0 Å². The van der Waals surface area contributed by atoms with Gasteiger partial charge in [0.15, 0.2) is 0 Å². The molecule has 1 heterocycles. The van der Waals surface area contributed by atoms with Gasteiger partial charge in [0.2, 0.25) is 5.16 Å². The van der Waals surface area contributed by atoms with E-state index in [-0.39, 0.29) is 0 Å². The lowest BCUT2D eigenvalue weighted by Crippen LogP contribution is -1.98. The molecule has 0 amide bonds. The van der Waals surface area contributed by atoms with Gasteiger partial charge in [0.1, 0.15) is 11.6 Å². The van der Waals surface area contributed by atoms with E-state index in [0.29, 0.717) is 0 Å². The summed E-state index contributed by atoms with van der Waals surface area (Å²) in [6.07, 6.45) is 2.15. The zero-order chi connectivity index (χ0) is 13.5. The topological polar surface area (TPSA) is 50.8 Å². The van der Waals surface area contributed by atoms with Crippen LogP contribution < -0.4 is 4.74 Å². The Kier molecular flexibility index (Phi) is 5.27. The number of nitrogens with one attached hydrogen (secondary N) is 1. The second-order valence-corrected chi connectivity index (χ2v) is 5.48. The van der Waals surface area contributed by atoms with Crippen LogP contribution in [-0.4, -0.2) is 27.5 Å². The summed E-state index contributed by atoms with van der Waals surface area (Å²) >= 11 is 1.68. The van der Waals surface area contributed by atoms with Crippen molar-refractivity contribution in [3.8, 4) is 5.75 Å². The number of thioether (sulfide) groups is 1. The van der Waals surface area contributed by atoms with Gasteiger partial charge >= 0.3 is 0 Å². The van der Waals surface area contributed by atoms with E-state index in [1.807, 2.05) is 19.1 Å². The third kappa shape index (κ3) is 4.95. The molecule has 0 aliphatic carbocycles. The predicted molar refractivity (Wildman–Crippen MR) is 77.8 cm³/mol. The van der Waals surface area contributed by atoms with Crippen LogP contribution in [0.2, 0.25) is 0 Å². The molecule has 0 saturated carbocycles. The standard InChI is InChI=1S/C14H19N3OS/c1-11-5-7-13(8-6-11)18-9-3-4-10-19-14-15-12(2)16-17-14/h5-8H,3-4,9-10H2,1-2H3,(H,15,16,17). The minimum atomic E-state index is 0.761. The van der Waals surface area contributed by atoms with E-state index in [1.165, 1.54) is 5.56 Å². The number of hydrogen-bond donors (Lipinski definition) is 1. The number of rotatable bonds is 7. The lowest BCUT2D eigenvalue weighted by Gasteiger charge is -2.05. The average molecular weight is 277 g/mol. The van der Waals surface area contributed by atoms with Crippen molar-refractivity contribution in [3.63, 3.8) is 0 Å². The van der Waals surface area contributed by atoms with Gasteiger partial charge in [-0.15, -0.1) is 5.10 Å². The van der Waals surface area contributed by atoms with Gasteiger partial charge in [-0.05, 0) is 38.8 Å². The molecule has 4 nitrogen and oxygen atoms in total. The number of benzene rings is 1. The van der Waals surface area contributed by atoms with Gasteiger partial charge in [-0.3, -0.25) is 5.10 Å². The minimum Gasteiger partial charge on any atom is -0.494 e. The van der Waals surface area contributed by atoms with Gasteiger partial charge in [0.25, 0.3) is 0 Å². The lowest BCUT2D eigenvalue weighted by atomic mass is 10.2. The maximum atomic E-state index is 5.67. The highest BCUT2D eigenvalue weighted by Crippen LogP contribution is 2.15. The highest BCUT2D eigenvalue weighted by molar-refractivity contribution is 7.99. The molecule has 0 radical (unpaired) electrons. The van der Waals surface area contributed by atoms with Gasteiger partial charge in [-0.2, -0.15) is 0 Å². The maximum Gasteiger partial charge on any atom is 0.208 e. The van der Waals surface area contributed by atoms with Crippen molar-refractivity contribution in [2.75, 3.05) is 12.4 Å². The Morgan fingerprint density at radius 3 is 2.63 bits per heavy atom.